The number of hydrogen-bond donors (Lipinski definition) is 2. The Labute approximate surface area is 204 Å². The average Bonchev–Trinajstić information content (AvgIpc) is 3.46. The van der Waals surface area contributed by atoms with Gasteiger partial charge in [-0.3, -0.25) is 4.84 Å². The molecule has 4 aromatic rings. The molecule has 2 amide bonds. The summed E-state index contributed by atoms with van der Waals surface area (Å²) in [6.45, 7) is 1.98. The van der Waals surface area contributed by atoms with E-state index in [4.69, 9.17) is 10.6 Å². The first-order valence-corrected chi connectivity index (χ1v) is 11.1. The second-order valence-electron chi connectivity index (χ2n) is 8.28. The van der Waals surface area contributed by atoms with Gasteiger partial charge in [-0.25, -0.2) is 28.2 Å². The van der Waals surface area contributed by atoms with Gasteiger partial charge in [-0.05, 0) is 48.2 Å². The average molecular weight is 489 g/mol. The van der Waals surface area contributed by atoms with Crippen molar-refractivity contribution in [2.75, 3.05) is 17.7 Å². The number of hydrogen-bond acceptors (Lipinski definition) is 6. The highest BCUT2D eigenvalue weighted by atomic mass is 19.1. The van der Waals surface area contributed by atoms with E-state index in [-0.39, 0.29) is 18.1 Å². The van der Waals surface area contributed by atoms with E-state index in [1.807, 2.05) is 0 Å². The molecule has 182 valence electrons. The molecule has 1 aliphatic heterocycles. The molecule has 5 rings (SSSR count). The first-order chi connectivity index (χ1) is 17.3. The lowest BCUT2D eigenvalue weighted by Gasteiger charge is -2.23. The zero-order valence-corrected chi connectivity index (χ0v) is 19.4. The fourth-order valence-corrected chi connectivity index (χ4v) is 4.08. The van der Waals surface area contributed by atoms with Crippen LogP contribution in [-0.2, 0) is 11.9 Å². The highest BCUT2D eigenvalue weighted by Crippen LogP contribution is 2.31. The van der Waals surface area contributed by atoms with Crippen molar-refractivity contribution in [1.82, 2.24) is 24.8 Å². The van der Waals surface area contributed by atoms with Gasteiger partial charge in [0.2, 0.25) is 0 Å². The highest BCUT2D eigenvalue weighted by molar-refractivity contribution is 5.91. The van der Waals surface area contributed by atoms with E-state index in [0.717, 1.165) is 5.06 Å². The predicted octanol–water partition coefficient (Wildman–Crippen LogP) is 3.84. The molecule has 0 bridgehead atoms. The van der Waals surface area contributed by atoms with Crippen molar-refractivity contribution in [3.05, 3.63) is 76.7 Å². The molecule has 1 aliphatic rings. The Kier molecular flexibility index (Phi) is 5.95. The maximum Gasteiger partial charge on any atom is 0.346 e. The summed E-state index contributed by atoms with van der Waals surface area (Å²) >= 11 is 0. The number of hydroxylamine groups is 2. The van der Waals surface area contributed by atoms with Crippen molar-refractivity contribution >= 4 is 28.6 Å². The summed E-state index contributed by atoms with van der Waals surface area (Å²) in [5, 5.41) is 8.51. The summed E-state index contributed by atoms with van der Waals surface area (Å²) in [5.41, 5.74) is 8.46. The summed E-state index contributed by atoms with van der Waals surface area (Å²) < 4.78 is 30.0. The van der Waals surface area contributed by atoms with E-state index in [9.17, 15) is 13.6 Å². The van der Waals surface area contributed by atoms with Gasteiger partial charge in [-0.1, -0.05) is 18.1 Å². The summed E-state index contributed by atoms with van der Waals surface area (Å²) in [6.07, 6.45) is 1.83. The number of nitrogen functional groups attached to an aromatic ring is 1. The number of fused-ring (bicyclic) bond motifs is 1. The molecule has 1 saturated heterocycles. The number of nitrogens with zero attached hydrogens (tertiary/aromatic N) is 5. The third-order valence-corrected chi connectivity index (χ3v) is 5.86. The smallest absolute Gasteiger partial charge is 0.346 e. The van der Waals surface area contributed by atoms with E-state index < -0.39 is 23.7 Å². The van der Waals surface area contributed by atoms with Crippen molar-refractivity contribution < 1.29 is 18.4 Å². The summed E-state index contributed by atoms with van der Waals surface area (Å²) in [6, 6.07) is 7.48. The molecule has 36 heavy (non-hydrogen) atoms. The number of nitrogens with one attached hydrogen (secondary N) is 1. The molecule has 1 fully saturated rings. The molecule has 11 heteroatoms. The SMILES string of the molecule is Cc1cc(F)c(NC(=O)N2OCC[C@@H]2c2cccc(F)c2)cc1C#Cc1nn(C)c2ncnc(N)c12. The van der Waals surface area contributed by atoms with Crippen LogP contribution in [0, 0.1) is 30.4 Å². The molecule has 0 spiro atoms. The minimum absolute atomic E-state index is 0.0721. The van der Waals surface area contributed by atoms with Crippen LogP contribution in [0.15, 0.2) is 42.7 Å². The topological polar surface area (TPSA) is 111 Å². The van der Waals surface area contributed by atoms with Crippen LogP contribution in [0.5, 0.6) is 0 Å². The van der Waals surface area contributed by atoms with Gasteiger partial charge in [0.25, 0.3) is 0 Å². The maximum atomic E-state index is 14.8. The predicted molar refractivity (Wildman–Crippen MR) is 128 cm³/mol. The Bertz CT molecular complexity index is 1560. The van der Waals surface area contributed by atoms with Crippen LogP contribution in [0.2, 0.25) is 0 Å². The Morgan fingerprint density at radius 1 is 1.22 bits per heavy atom. The Balaban J connectivity index is 1.42. The maximum absolute atomic E-state index is 14.8. The van der Waals surface area contributed by atoms with Crippen molar-refractivity contribution in [2.45, 2.75) is 19.4 Å². The van der Waals surface area contributed by atoms with Gasteiger partial charge in [0, 0.05) is 19.0 Å². The fraction of sp³-hybridized carbons (Fsp3) is 0.200. The lowest BCUT2D eigenvalue weighted by molar-refractivity contribution is -0.0830. The van der Waals surface area contributed by atoms with Gasteiger partial charge in [-0.15, -0.1) is 0 Å². The summed E-state index contributed by atoms with van der Waals surface area (Å²) in [5.74, 6) is 5.12. The molecule has 2 aromatic carbocycles. The number of rotatable bonds is 2. The first kappa shape index (κ1) is 23.2. The van der Waals surface area contributed by atoms with Crippen LogP contribution < -0.4 is 11.1 Å². The number of aromatic nitrogens is 4. The van der Waals surface area contributed by atoms with E-state index >= 15 is 0 Å². The van der Waals surface area contributed by atoms with Crippen LogP contribution in [0.3, 0.4) is 0 Å². The van der Waals surface area contributed by atoms with Gasteiger partial charge in [0.1, 0.15) is 29.5 Å². The van der Waals surface area contributed by atoms with E-state index in [1.54, 1.807) is 30.8 Å². The standard InChI is InChI=1S/C25H21F2N7O2/c1-14-10-18(27)20(31-25(35)34-21(8-9-36-34)16-4-3-5-17(26)11-16)12-15(14)6-7-19-22-23(28)29-13-30-24(22)33(2)32-19/h3-5,10-13,21H,8-9H2,1-2H3,(H,31,35)(H2,28,29,30)/t21-/m1/s1. The largest absolute Gasteiger partial charge is 0.383 e. The molecular formula is C25H21F2N7O2. The number of anilines is 2. The molecule has 0 saturated carbocycles. The number of amides is 2. The lowest BCUT2D eigenvalue weighted by atomic mass is 10.0. The van der Waals surface area contributed by atoms with Crippen LogP contribution in [-0.4, -0.2) is 37.4 Å². The van der Waals surface area contributed by atoms with E-state index in [2.05, 4.69) is 32.2 Å². The number of carbonyl (C=O) groups is 1. The summed E-state index contributed by atoms with van der Waals surface area (Å²) in [4.78, 5) is 26.6. The zero-order valence-electron chi connectivity index (χ0n) is 19.4. The second kappa shape index (κ2) is 9.24. The minimum Gasteiger partial charge on any atom is -0.383 e. The van der Waals surface area contributed by atoms with Crippen LogP contribution in [0.4, 0.5) is 25.1 Å². The zero-order chi connectivity index (χ0) is 25.4. The molecule has 0 aliphatic carbocycles. The van der Waals surface area contributed by atoms with E-state index in [1.165, 1.54) is 30.6 Å². The number of aryl methyl sites for hydroxylation is 2. The van der Waals surface area contributed by atoms with Crippen LogP contribution in [0.1, 0.15) is 34.8 Å². The number of benzene rings is 2. The summed E-state index contributed by atoms with van der Waals surface area (Å²) in [7, 11) is 1.72. The Hall–Kier alpha value is -4.56. The van der Waals surface area contributed by atoms with Crippen molar-refractivity contribution in [2.24, 2.45) is 7.05 Å². The third-order valence-electron chi connectivity index (χ3n) is 5.86. The molecule has 3 N–H and O–H groups in total. The molecule has 3 heterocycles. The monoisotopic (exact) mass is 489 g/mol. The Morgan fingerprint density at radius 2 is 2.06 bits per heavy atom. The first-order valence-electron chi connectivity index (χ1n) is 11.1. The van der Waals surface area contributed by atoms with Crippen LogP contribution in [0.25, 0.3) is 11.0 Å². The van der Waals surface area contributed by atoms with Gasteiger partial charge in [-0.2, -0.15) is 10.2 Å². The number of urea groups is 1. The molecule has 2 aromatic heterocycles. The second-order valence-corrected chi connectivity index (χ2v) is 8.28. The van der Waals surface area contributed by atoms with Gasteiger partial charge in [0.05, 0.1) is 23.7 Å². The van der Waals surface area contributed by atoms with Crippen molar-refractivity contribution in [3.63, 3.8) is 0 Å². The number of nitrogens with two attached hydrogens (primary N) is 1. The highest BCUT2D eigenvalue weighted by Gasteiger charge is 2.32. The Morgan fingerprint density at radius 3 is 2.86 bits per heavy atom. The molecular weight excluding hydrogens is 468 g/mol. The number of carbonyl (C=O) groups excluding carboxylic acids is 1. The molecule has 0 unspecified atom stereocenters. The fourth-order valence-electron chi connectivity index (χ4n) is 4.08. The van der Waals surface area contributed by atoms with Crippen molar-refractivity contribution in [3.8, 4) is 11.8 Å². The molecule has 0 radical (unpaired) electrons. The molecule has 1 atom stereocenters. The lowest BCUT2D eigenvalue weighted by Crippen LogP contribution is -2.33. The number of halogens is 2. The van der Waals surface area contributed by atoms with Gasteiger partial charge >= 0.3 is 6.03 Å². The molecule has 9 nitrogen and oxygen atoms in total. The van der Waals surface area contributed by atoms with E-state index in [0.29, 0.717) is 39.8 Å². The third kappa shape index (κ3) is 4.30. The van der Waals surface area contributed by atoms with Gasteiger partial charge in [0.15, 0.2) is 5.65 Å². The van der Waals surface area contributed by atoms with Gasteiger partial charge < -0.3 is 11.1 Å². The van der Waals surface area contributed by atoms with Crippen molar-refractivity contribution in [1.29, 1.82) is 0 Å². The van der Waals surface area contributed by atoms with Crippen LogP contribution >= 0.6 is 0 Å². The minimum atomic E-state index is -0.677. The normalized spacial score (nSPS) is 15.1. The quantitative estimate of drug-likeness (QED) is 0.414.